The number of aryl methyl sites for hydroxylation is 1. The van der Waals surface area contributed by atoms with Gasteiger partial charge in [0.15, 0.2) is 6.04 Å². The van der Waals surface area contributed by atoms with Crippen molar-refractivity contribution in [3.63, 3.8) is 0 Å². The summed E-state index contributed by atoms with van der Waals surface area (Å²) in [5.74, 6) is -1.78. The molecule has 1 unspecified atom stereocenters. The zero-order chi connectivity index (χ0) is 14.7. The number of anilines is 1. The maximum absolute atomic E-state index is 13.8. The third kappa shape index (κ3) is 3.27. The Hall–Kier alpha value is -2.07. The van der Waals surface area contributed by atoms with Crippen LogP contribution in [0.1, 0.15) is 17.2 Å². The summed E-state index contributed by atoms with van der Waals surface area (Å²) in [5, 5.41) is 12.4. The standard InChI is InChI=1S/C15H13ClFNO2/c1-9-3-2-4-11(7-9)18-14(15(19)20)12-8-10(16)5-6-13(12)17/h2-8,14,18H,1H3,(H,19,20). The van der Waals surface area contributed by atoms with Gasteiger partial charge in [-0.15, -0.1) is 0 Å². The van der Waals surface area contributed by atoms with E-state index in [0.717, 1.165) is 11.6 Å². The normalized spacial score (nSPS) is 11.9. The number of carbonyl (C=O) groups is 1. The van der Waals surface area contributed by atoms with E-state index >= 15 is 0 Å². The molecule has 0 aliphatic carbocycles. The van der Waals surface area contributed by atoms with Gasteiger partial charge in [-0.2, -0.15) is 0 Å². The van der Waals surface area contributed by atoms with Crippen LogP contribution in [0.15, 0.2) is 42.5 Å². The lowest BCUT2D eigenvalue weighted by molar-refractivity contribution is -0.138. The Morgan fingerprint density at radius 1 is 1.30 bits per heavy atom. The van der Waals surface area contributed by atoms with E-state index in [2.05, 4.69) is 5.32 Å². The Balaban J connectivity index is 2.37. The molecule has 3 nitrogen and oxygen atoms in total. The lowest BCUT2D eigenvalue weighted by atomic mass is 10.1. The number of hydrogen-bond acceptors (Lipinski definition) is 2. The van der Waals surface area contributed by atoms with Crippen molar-refractivity contribution < 1.29 is 14.3 Å². The molecule has 20 heavy (non-hydrogen) atoms. The van der Waals surface area contributed by atoms with Crippen molar-refractivity contribution in [2.75, 3.05) is 5.32 Å². The first-order valence-corrected chi connectivity index (χ1v) is 6.36. The summed E-state index contributed by atoms with van der Waals surface area (Å²) in [6, 6.07) is 9.86. The van der Waals surface area contributed by atoms with Crippen molar-refractivity contribution in [3.05, 3.63) is 64.4 Å². The average Bonchev–Trinajstić information content (AvgIpc) is 2.39. The van der Waals surface area contributed by atoms with Crippen molar-refractivity contribution >= 4 is 23.3 Å². The summed E-state index contributed by atoms with van der Waals surface area (Å²) in [7, 11) is 0. The van der Waals surface area contributed by atoms with Crippen LogP contribution in [0.25, 0.3) is 0 Å². The summed E-state index contributed by atoms with van der Waals surface area (Å²) >= 11 is 5.81. The van der Waals surface area contributed by atoms with Gasteiger partial charge in [0.1, 0.15) is 5.82 Å². The minimum Gasteiger partial charge on any atom is -0.479 e. The molecule has 1 atom stereocenters. The molecule has 0 bridgehead atoms. The number of aliphatic carboxylic acids is 1. The molecule has 0 fully saturated rings. The van der Waals surface area contributed by atoms with Crippen molar-refractivity contribution in [2.24, 2.45) is 0 Å². The first kappa shape index (κ1) is 14.3. The van der Waals surface area contributed by atoms with Crippen LogP contribution in [-0.2, 0) is 4.79 Å². The maximum Gasteiger partial charge on any atom is 0.330 e. The molecular weight excluding hydrogens is 281 g/mol. The molecule has 0 radical (unpaired) electrons. The summed E-state index contributed by atoms with van der Waals surface area (Å²) in [6.07, 6.45) is 0. The van der Waals surface area contributed by atoms with E-state index in [0.29, 0.717) is 10.7 Å². The van der Waals surface area contributed by atoms with Crippen LogP contribution in [0, 0.1) is 12.7 Å². The van der Waals surface area contributed by atoms with E-state index in [-0.39, 0.29) is 5.56 Å². The lowest BCUT2D eigenvalue weighted by Gasteiger charge is -2.17. The summed E-state index contributed by atoms with van der Waals surface area (Å²) < 4.78 is 13.8. The fourth-order valence-electron chi connectivity index (χ4n) is 1.91. The molecular formula is C15H13ClFNO2. The van der Waals surface area contributed by atoms with Crippen molar-refractivity contribution in [1.82, 2.24) is 0 Å². The molecule has 0 aliphatic rings. The van der Waals surface area contributed by atoms with Crippen LogP contribution < -0.4 is 5.32 Å². The van der Waals surface area contributed by atoms with Crippen molar-refractivity contribution in [3.8, 4) is 0 Å². The minimum absolute atomic E-state index is 0.00602. The molecule has 0 spiro atoms. The highest BCUT2D eigenvalue weighted by molar-refractivity contribution is 6.30. The second kappa shape index (κ2) is 5.92. The van der Waals surface area contributed by atoms with Crippen LogP contribution in [0.5, 0.6) is 0 Å². The Morgan fingerprint density at radius 2 is 2.05 bits per heavy atom. The Kier molecular flexibility index (Phi) is 4.25. The van der Waals surface area contributed by atoms with Crippen LogP contribution in [0.3, 0.4) is 0 Å². The van der Waals surface area contributed by atoms with E-state index in [9.17, 15) is 14.3 Å². The summed E-state index contributed by atoms with van der Waals surface area (Å²) in [5.41, 5.74) is 1.59. The third-order valence-electron chi connectivity index (χ3n) is 2.85. The van der Waals surface area contributed by atoms with Crippen LogP contribution in [0.4, 0.5) is 10.1 Å². The van der Waals surface area contributed by atoms with Crippen molar-refractivity contribution in [1.29, 1.82) is 0 Å². The van der Waals surface area contributed by atoms with Gasteiger partial charge in [0.25, 0.3) is 0 Å². The predicted octanol–water partition coefficient (Wildman–Crippen LogP) is 4.03. The van der Waals surface area contributed by atoms with Crippen LogP contribution in [0.2, 0.25) is 5.02 Å². The Morgan fingerprint density at radius 3 is 2.70 bits per heavy atom. The Labute approximate surface area is 121 Å². The molecule has 0 aliphatic heterocycles. The van der Waals surface area contributed by atoms with Gasteiger partial charge in [0, 0.05) is 16.3 Å². The molecule has 0 aromatic heterocycles. The third-order valence-corrected chi connectivity index (χ3v) is 3.08. The molecule has 2 rings (SSSR count). The van der Waals surface area contributed by atoms with E-state index < -0.39 is 17.8 Å². The number of hydrogen-bond donors (Lipinski definition) is 2. The molecule has 0 saturated carbocycles. The predicted molar refractivity (Wildman–Crippen MR) is 76.6 cm³/mol. The van der Waals surface area contributed by atoms with Gasteiger partial charge in [-0.3, -0.25) is 0 Å². The fraction of sp³-hybridized carbons (Fsp3) is 0.133. The number of nitrogens with one attached hydrogen (secondary N) is 1. The monoisotopic (exact) mass is 293 g/mol. The van der Waals surface area contributed by atoms with E-state index in [1.165, 1.54) is 12.1 Å². The first-order chi connectivity index (χ1) is 9.47. The van der Waals surface area contributed by atoms with Crippen LogP contribution >= 0.6 is 11.6 Å². The number of halogens is 2. The van der Waals surface area contributed by atoms with E-state index in [1.54, 1.807) is 18.2 Å². The largest absolute Gasteiger partial charge is 0.479 e. The van der Waals surface area contributed by atoms with Gasteiger partial charge in [-0.1, -0.05) is 23.7 Å². The van der Waals surface area contributed by atoms with Crippen molar-refractivity contribution in [2.45, 2.75) is 13.0 Å². The highest BCUT2D eigenvalue weighted by Crippen LogP contribution is 2.25. The number of carboxylic acid groups (broad SMARTS) is 1. The van der Waals surface area contributed by atoms with Crippen LogP contribution in [-0.4, -0.2) is 11.1 Å². The molecule has 0 heterocycles. The summed E-state index contributed by atoms with van der Waals surface area (Å²) in [4.78, 5) is 11.4. The SMILES string of the molecule is Cc1cccc(NC(C(=O)O)c2cc(Cl)ccc2F)c1. The van der Waals surface area contributed by atoms with Gasteiger partial charge < -0.3 is 10.4 Å². The van der Waals surface area contributed by atoms with E-state index in [4.69, 9.17) is 11.6 Å². The highest BCUT2D eigenvalue weighted by atomic mass is 35.5. The topological polar surface area (TPSA) is 49.3 Å². The molecule has 0 amide bonds. The van der Waals surface area contributed by atoms with Gasteiger partial charge in [0.05, 0.1) is 0 Å². The minimum atomic E-state index is -1.20. The second-order valence-corrected chi connectivity index (χ2v) is 4.89. The molecule has 2 N–H and O–H groups in total. The van der Waals surface area contributed by atoms with Gasteiger partial charge in [-0.05, 0) is 42.8 Å². The summed E-state index contributed by atoms with van der Waals surface area (Å²) in [6.45, 7) is 1.89. The second-order valence-electron chi connectivity index (χ2n) is 4.45. The molecule has 2 aromatic carbocycles. The molecule has 2 aromatic rings. The average molecular weight is 294 g/mol. The van der Waals surface area contributed by atoms with Gasteiger partial charge in [0.2, 0.25) is 0 Å². The number of rotatable bonds is 4. The highest BCUT2D eigenvalue weighted by Gasteiger charge is 2.23. The van der Waals surface area contributed by atoms with Gasteiger partial charge in [-0.25, -0.2) is 9.18 Å². The first-order valence-electron chi connectivity index (χ1n) is 5.98. The molecule has 5 heteroatoms. The Bertz CT molecular complexity index is 646. The smallest absolute Gasteiger partial charge is 0.330 e. The zero-order valence-electron chi connectivity index (χ0n) is 10.7. The number of carboxylic acids is 1. The van der Waals surface area contributed by atoms with E-state index in [1.807, 2.05) is 13.0 Å². The molecule has 104 valence electrons. The zero-order valence-corrected chi connectivity index (χ0v) is 11.5. The molecule has 0 saturated heterocycles. The fourth-order valence-corrected chi connectivity index (χ4v) is 2.09. The maximum atomic E-state index is 13.8. The lowest BCUT2D eigenvalue weighted by Crippen LogP contribution is -2.21. The quantitative estimate of drug-likeness (QED) is 0.895. The van der Waals surface area contributed by atoms with Gasteiger partial charge >= 0.3 is 5.97 Å². The number of benzene rings is 2.